The van der Waals surface area contributed by atoms with Crippen molar-refractivity contribution in [2.75, 3.05) is 33.1 Å². The zero-order valence-electron chi connectivity index (χ0n) is 13.8. The number of methoxy groups -OCH3 is 2. The van der Waals surface area contributed by atoms with Gasteiger partial charge in [-0.2, -0.15) is 0 Å². The highest BCUT2D eigenvalue weighted by molar-refractivity contribution is 5.93. The van der Waals surface area contributed by atoms with Crippen LogP contribution in [0.4, 0.5) is 5.69 Å². The van der Waals surface area contributed by atoms with Crippen LogP contribution in [0.2, 0.25) is 0 Å². The normalized spacial score (nSPS) is 11.6. The molecule has 0 bridgehead atoms. The van der Waals surface area contributed by atoms with Crippen LogP contribution in [-0.4, -0.2) is 33.7 Å². The molecule has 122 valence electrons. The number of hydrogen-bond acceptors (Lipinski definition) is 3. The van der Waals surface area contributed by atoms with E-state index in [0.717, 1.165) is 11.4 Å². The minimum atomic E-state index is -0.0538. The molecule has 0 aliphatic rings. The van der Waals surface area contributed by atoms with Crippen LogP contribution in [0.3, 0.4) is 0 Å². The number of quaternary nitrogens is 1. The Labute approximate surface area is 136 Å². The molecule has 5 nitrogen and oxygen atoms in total. The summed E-state index contributed by atoms with van der Waals surface area (Å²) in [6.07, 6.45) is 0. The van der Waals surface area contributed by atoms with E-state index < -0.39 is 0 Å². The lowest BCUT2D eigenvalue weighted by molar-refractivity contribution is -0.885. The van der Waals surface area contributed by atoms with Crippen molar-refractivity contribution < 1.29 is 19.2 Å². The highest BCUT2D eigenvalue weighted by atomic mass is 16.5. The summed E-state index contributed by atoms with van der Waals surface area (Å²) in [7, 11) is 5.16. The summed E-state index contributed by atoms with van der Waals surface area (Å²) in [5, 5.41) is 2.89. The third kappa shape index (κ3) is 5.00. The van der Waals surface area contributed by atoms with Crippen LogP contribution in [0.25, 0.3) is 0 Å². The number of amides is 1. The second-order valence-corrected chi connectivity index (χ2v) is 5.41. The van der Waals surface area contributed by atoms with Gasteiger partial charge in [-0.05, 0) is 12.1 Å². The van der Waals surface area contributed by atoms with Crippen molar-refractivity contribution >= 4 is 11.6 Å². The topological polar surface area (TPSA) is 52.0 Å². The number of anilines is 1. The average Bonchev–Trinajstić information content (AvgIpc) is 2.55. The molecule has 1 amide bonds. The molecule has 0 saturated carbocycles. The van der Waals surface area contributed by atoms with Gasteiger partial charge in [0, 0.05) is 11.6 Å². The highest BCUT2D eigenvalue weighted by Gasteiger charge is 2.13. The molecule has 2 N–H and O–H groups in total. The molecule has 0 fully saturated rings. The van der Waals surface area contributed by atoms with E-state index in [0.29, 0.717) is 23.7 Å². The summed E-state index contributed by atoms with van der Waals surface area (Å²) in [6, 6.07) is 15.4. The molecule has 0 saturated heterocycles. The number of likely N-dealkylation sites (N-methyl/N-ethyl adjacent to an activating group) is 1. The Morgan fingerprint density at radius 3 is 2.48 bits per heavy atom. The zero-order valence-corrected chi connectivity index (χ0v) is 13.8. The second kappa shape index (κ2) is 8.19. The third-order valence-corrected chi connectivity index (χ3v) is 3.49. The summed E-state index contributed by atoms with van der Waals surface area (Å²) in [5.74, 6) is 1.21. The van der Waals surface area contributed by atoms with Crippen molar-refractivity contribution in [3.05, 3.63) is 54.1 Å². The fourth-order valence-corrected chi connectivity index (χ4v) is 2.38. The van der Waals surface area contributed by atoms with Gasteiger partial charge >= 0.3 is 0 Å². The lowest BCUT2D eigenvalue weighted by Gasteiger charge is -2.15. The van der Waals surface area contributed by atoms with Gasteiger partial charge in [-0.15, -0.1) is 0 Å². The van der Waals surface area contributed by atoms with E-state index in [4.69, 9.17) is 9.47 Å². The van der Waals surface area contributed by atoms with Gasteiger partial charge in [0.15, 0.2) is 6.54 Å². The van der Waals surface area contributed by atoms with Crippen LogP contribution >= 0.6 is 0 Å². The predicted molar refractivity (Wildman–Crippen MR) is 90.1 cm³/mol. The van der Waals surface area contributed by atoms with Crippen molar-refractivity contribution in [2.45, 2.75) is 6.54 Å². The van der Waals surface area contributed by atoms with Gasteiger partial charge in [0.25, 0.3) is 5.91 Å². The maximum Gasteiger partial charge on any atom is 0.279 e. The average molecular weight is 315 g/mol. The van der Waals surface area contributed by atoms with Crippen LogP contribution in [0.1, 0.15) is 5.56 Å². The Kier molecular flexibility index (Phi) is 6.00. The minimum absolute atomic E-state index is 0.0538. The van der Waals surface area contributed by atoms with Crippen molar-refractivity contribution in [2.24, 2.45) is 0 Å². The van der Waals surface area contributed by atoms with Crippen molar-refractivity contribution in [3.63, 3.8) is 0 Å². The van der Waals surface area contributed by atoms with Crippen molar-refractivity contribution in [3.8, 4) is 11.5 Å². The molecular formula is C18H23N2O3+. The Morgan fingerprint density at radius 2 is 1.83 bits per heavy atom. The molecule has 2 aromatic rings. The van der Waals surface area contributed by atoms with E-state index in [1.165, 1.54) is 5.56 Å². The first-order valence-electron chi connectivity index (χ1n) is 7.49. The Bertz CT molecular complexity index is 644. The molecule has 2 rings (SSSR count). The summed E-state index contributed by atoms with van der Waals surface area (Å²) in [6.45, 7) is 1.18. The third-order valence-electron chi connectivity index (χ3n) is 3.49. The first-order valence-corrected chi connectivity index (χ1v) is 7.49. The molecule has 23 heavy (non-hydrogen) atoms. The molecule has 0 heterocycles. The quantitative estimate of drug-likeness (QED) is 0.811. The molecular weight excluding hydrogens is 292 g/mol. The second-order valence-electron chi connectivity index (χ2n) is 5.41. The molecule has 0 radical (unpaired) electrons. The number of ether oxygens (including phenoxy) is 2. The number of carbonyl (C=O) groups excluding carboxylic acids is 1. The lowest BCUT2D eigenvalue weighted by atomic mass is 10.2. The molecule has 1 atom stereocenters. The Morgan fingerprint density at radius 1 is 1.09 bits per heavy atom. The highest BCUT2D eigenvalue weighted by Crippen LogP contribution is 2.28. The van der Waals surface area contributed by atoms with Crippen molar-refractivity contribution in [1.82, 2.24) is 0 Å². The lowest BCUT2D eigenvalue weighted by Crippen LogP contribution is -3.08. The summed E-state index contributed by atoms with van der Waals surface area (Å²) in [4.78, 5) is 13.3. The molecule has 0 spiro atoms. The molecule has 1 unspecified atom stereocenters. The van der Waals surface area contributed by atoms with Crippen LogP contribution in [-0.2, 0) is 11.3 Å². The van der Waals surface area contributed by atoms with Gasteiger partial charge in [0.2, 0.25) is 0 Å². The van der Waals surface area contributed by atoms with E-state index in [9.17, 15) is 4.79 Å². The summed E-state index contributed by atoms with van der Waals surface area (Å²) in [5.41, 5.74) is 1.85. The van der Waals surface area contributed by atoms with Crippen LogP contribution < -0.4 is 19.7 Å². The fourth-order valence-electron chi connectivity index (χ4n) is 2.38. The van der Waals surface area contributed by atoms with Gasteiger partial charge < -0.3 is 19.7 Å². The van der Waals surface area contributed by atoms with E-state index in [1.807, 2.05) is 25.2 Å². The first-order chi connectivity index (χ1) is 11.1. The van der Waals surface area contributed by atoms with E-state index in [2.05, 4.69) is 17.4 Å². The van der Waals surface area contributed by atoms with Gasteiger partial charge in [-0.1, -0.05) is 30.3 Å². The largest absolute Gasteiger partial charge is 0.497 e. The van der Waals surface area contributed by atoms with E-state index in [1.54, 1.807) is 32.4 Å². The Balaban J connectivity index is 1.94. The molecule has 0 aliphatic heterocycles. The van der Waals surface area contributed by atoms with Crippen LogP contribution in [0, 0.1) is 0 Å². The van der Waals surface area contributed by atoms with Crippen LogP contribution in [0.15, 0.2) is 48.5 Å². The number of carbonyl (C=O) groups is 1. The molecule has 2 aromatic carbocycles. The fraction of sp³-hybridized carbons (Fsp3) is 0.278. The van der Waals surface area contributed by atoms with Crippen LogP contribution in [0.5, 0.6) is 11.5 Å². The SMILES string of the molecule is COc1ccc(NC(=O)C[NH+](C)Cc2ccccc2)c(OC)c1. The van der Waals surface area contributed by atoms with E-state index in [-0.39, 0.29) is 5.91 Å². The number of hydrogen-bond donors (Lipinski definition) is 2. The maximum atomic E-state index is 12.2. The first kappa shape index (κ1) is 16.8. The number of rotatable bonds is 7. The van der Waals surface area contributed by atoms with E-state index >= 15 is 0 Å². The van der Waals surface area contributed by atoms with Crippen molar-refractivity contribution in [1.29, 1.82) is 0 Å². The standard InChI is InChI=1S/C18H22N2O3/c1-20(12-14-7-5-4-6-8-14)13-18(21)19-16-10-9-15(22-2)11-17(16)23-3/h4-11H,12-13H2,1-3H3,(H,19,21)/p+1. The van der Waals surface area contributed by atoms with Gasteiger partial charge in [-0.25, -0.2) is 0 Å². The minimum Gasteiger partial charge on any atom is -0.497 e. The number of benzene rings is 2. The smallest absolute Gasteiger partial charge is 0.279 e. The molecule has 5 heteroatoms. The molecule has 0 aromatic heterocycles. The summed E-state index contributed by atoms with van der Waals surface area (Å²) >= 11 is 0. The Hall–Kier alpha value is -2.53. The van der Waals surface area contributed by atoms with Gasteiger partial charge in [0.1, 0.15) is 18.0 Å². The number of nitrogens with one attached hydrogen (secondary N) is 2. The zero-order chi connectivity index (χ0) is 16.7. The summed E-state index contributed by atoms with van der Waals surface area (Å²) < 4.78 is 10.4. The predicted octanol–water partition coefficient (Wildman–Crippen LogP) is 1.36. The maximum absolute atomic E-state index is 12.2. The monoisotopic (exact) mass is 315 g/mol. The molecule has 0 aliphatic carbocycles. The van der Waals surface area contributed by atoms with Gasteiger partial charge in [-0.3, -0.25) is 4.79 Å². The van der Waals surface area contributed by atoms with Gasteiger partial charge in [0.05, 0.1) is 27.0 Å².